The Bertz CT molecular complexity index is 1100. The molecule has 1 aliphatic rings. The fourth-order valence-electron chi connectivity index (χ4n) is 3.62. The third kappa shape index (κ3) is 4.92. The summed E-state index contributed by atoms with van der Waals surface area (Å²) in [6.07, 6.45) is 0. The summed E-state index contributed by atoms with van der Waals surface area (Å²) in [4.78, 5) is 17.6. The Morgan fingerprint density at radius 1 is 1.09 bits per heavy atom. The molecule has 2 aromatic carbocycles. The minimum atomic E-state index is -0.374. The first kappa shape index (κ1) is 22.2. The molecule has 1 aliphatic heterocycles. The van der Waals surface area contributed by atoms with Gasteiger partial charge in [-0.2, -0.15) is 0 Å². The van der Waals surface area contributed by atoms with E-state index in [1.165, 1.54) is 17.4 Å². The quantitative estimate of drug-likeness (QED) is 0.407. The number of halogens is 1. The molecule has 1 fully saturated rings. The lowest BCUT2D eigenvalue weighted by molar-refractivity contribution is 0.0528. The summed E-state index contributed by atoms with van der Waals surface area (Å²) < 4.78 is 19.4. The van der Waals surface area contributed by atoms with E-state index in [9.17, 15) is 9.18 Å². The van der Waals surface area contributed by atoms with Gasteiger partial charge in [-0.1, -0.05) is 42.5 Å². The number of thiocarbonyl (C=S) groups is 1. The van der Waals surface area contributed by atoms with Gasteiger partial charge >= 0.3 is 5.97 Å². The molecule has 0 bridgehead atoms. The number of hydrogen-bond donors (Lipinski definition) is 1. The highest BCUT2D eigenvalue weighted by Crippen LogP contribution is 2.36. The SMILES string of the molecule is CCOC(=O)c1cc(-c2ccccc2)sc1NC(=S)N1CCN(c2ccccc2F)CC1. The number of benzene rings is 2. The van der Waals surface area contributed by atoms with E-state index in [1.807, 2.05) is 52.3 Å². The van der Waals surface area contributed by atoms with Crippen molar-refractivity contribution in [3.63, 3.8) is 0 Å². The van der Waals surface area contributed by atoms with Crippen LogP contribution in [0.1, 0.15) is 17.3 Å². The lowest BCUT2D eigenvalue weighted by Crippen LogP contribution is -2.50. The minimum absolute atomic E-state index is 0.215. The van der Waals surface area contributed by atoms with Gasteiger partial charge in [-0.3, -0.25) is 0 Å². The second-order valence-corrected chi connectivity index (χ2v) is 8.73. The van der Waals surface area contributed by atoms with Crippen molar-refractivity contribution in [1.29, 1.82) is 0 Å². The lowest BCUT2D eigenvalue weighted by Gasteiger charge is -2.37. The fourth-order valence-corrected chi connectivity index (χ4v) is 5.02. The Balaban J connectivity index is 1.47. The molecular formula is C24H24FN3O2S2. The first-order valence-electron chi connectivity index (χ1n) is 10.5. The van der Waals surface area contributed by atoms with Crippen molar-refractivity contribution < 1.29 is 13.9 Å². The number of nitrogens with zero attached hydrogens (tertiary/aromatic N) is 2. The van der Waals surface area contributed by atoms with Crippen LogP contribution in [0.5, 0.6) is 0 Å². The van der Waals surface area contributed by atoms with E-state index in [0.29, 0.717) is 54.2 Å². The Labute approximate surface area is 196 Å². The van der Waals surface area contributed by atoms with Crippen LogP contribution in [0.2, 0.25) is 0 Å². The van der Waals surface area contributed by atoms with E-state index < -0.39 is 0 Å². The number of esters is 1. The normalized spacial score (nSPS) is 13.7. The number of para-hydroxylation sites is 1. The third-order valence-corrected chi connectivity index (χ3v) is 6.73. The maximum atomic E-state index is 14.1. The van der Waals surface area contributed by atoms with Gasteiger partial charge in [0.1, 0.15) is 10.8 Å². The predicted octanol–water partition coefficient (Wildman–Crippen LogP) is 5.25. The number of hydrogen-bond acceptors (Lipinski definition) is 5. The predicted molar refractivity (Wildman–Crippen MR) is 132 cm³/mol. The van der Waals surface area contributed by atoms with Gasteiger partial charge in [0, 0.05) is 31.1 Å². The molecule has 1 aromatic heterocycles. The van der Waals surface area contributed by atoms with E-state index in [2.05, 4.69) is 5.32 Å². The largest absolute Gasteiger partial charge is 0.462 e. The van der Waals surface area contributed by atoms with Crippen LogP contribution in [0.25, 0.3) is 10.4 Å². The van der Waals surface area contributed by atoms with Gasteiger partial charge < -0.3 is 19.9 Å². The molecule has 0 spiro atoms. The standard InChI is InChI=1S/C24H24FN3O2S2/c1-2-30-23(29)18-16-21(17-8-4-3-5-9-17)32-22(18)26-24(31)28-14-12-27(13-15-28)20-11-7-6-10-19(20)25/h3-11,16H,2,12-15H2,1H3,(H,26,31). The van der Waals surface area contributed by atoms with Crippen molar-refractivity contribution in [2.45, 2.75) is 6.92 Å². The average molecular weight is 470 g/mol. The van der Waals surface area contributed by atoms with Crippen molar-refractivity contribution in [3.05, 3.63) is 72.0 Å². The molecular weight excluding hydrogens is 445 g/mol. The van der Waals surface area contributed by atoms with Crippen LogP contribution in [0.15, 0.2) is 60.7 Å². The average Bonchev–Trinajstić information content (AvgIpc) is 3.24. The van der Waals surface area contributed by atoms with Crippen molar-refractivity contribution in [2.24, 2.45) is 0 Å². The molecule has 1 N–H and O–H groups in total. The molecule has 0 saturated carbocycles. The van der Waals surface area contributed by atoms with Gasteiger partial charge in [0.05, 0.1) is 17.9 Å². The molecule has 3 aromatic rings. The highest BCUT2D eigenvalue weighted by molar-refractivity contribution is 7.80. The third-order valence-electron chi connectivity index (χ3n) is 5.27. The van der Waals surface area contributed by atoms with Crippen LogP contribution < -0.4 is 10.2 Å². The molecule has 0 radical (unpaired) electrons. The zero-order chi connectivity index (χ0) is 22.5. The number of carbonyl (C=O) groups excluding carboxylic acids is 1. The maximum absolute atomic E-state index is 14.1. The molecule has 8 heteroatoms. The minimum Gasteiger partial charge on any atom is -0.462 e. The summed E-state index contributed by atoms with van der Waals surface area (Å²) in [5.41, 5.74) is 2.12. The number of thiophene rings is 1. The van der Waals surface area contributed by atoms with Crippen LogP contribution in [0, 0.1) is 5.82 Å². The van der Waals surface area contributed by atoms with E-state index in [4.69, 9.17) is 17.0 Å². The molecule has 166 valence electrons. The molecule has 2 heterocycles. The molecule has 0 atom stereocenters. The topological polar surface area (TPSA) is 44.8 Å². The summed E-state index contributed by atoms with van der Waals surface area (Å²) in [7, 11) is 0. The Morgan fingerprint density at radius 2 is 1.78 bits per heavy atom. The summed E-state index contributed by atoms with van der Waals surface area (Å²) in [6.45, 7) is 4.73. The molecule has 5 nitrogen and oxygen atoms in total. The molecule has 32 heavy (non-hydrogen) atoms. The number of ether oxygens (including phenoxy) is 1. The van der Waals surface area contributed by atoms with E-state index >= 15 is 0 Å². The molecule has 0 amide bonds. The van der Waals surface area contributed by atoms with Gasteiger partial charge in [-0.25, -0.2) is 9.18 Å². The van der Waals surface area contributed by atoms with Crippen LogP contribution in [-0.4, -0.2) is 48.8 Å². The van der Waals surface area contributed by atoms with Gasteiger partial charge in [0.2, 0.25) is 0 Å². The molecule has 1 saturated heterocycles. The summed E-state index contributed by atoms with van der Waals surface area (Å²) in [5, 5.41) is 4.47. The van der Waals surface area contributed by atoms with E-state index in [-0.39, 0.29) is 11.8 Å². The summed E-state index contributed by atoms with van der Waals surface area (Å²) >= 11 is 7.12. The summed E-state index contributed by atoms with van der Waals surface area (Å²) in [6, 6.07) is 18.6. The van der Waals surface area contributed by atoms with Crippen molar-refractivity contribution in [1.82, 2.24) is 4.90 Å². The van der Waals surface area contributed by atoms with Crippen molar-refractivity contribution >= 4 is 45.3 Å². The monoisotopic (exact) mass is 469 g/mol. The van der Waals surface area contributed by atoms with Gasteiger partial charge in [0.25, 0.3) is 0 Å². The number of nitrogens with one attached hydrogen (secondary N) is 1. The lowest BCUT2D eigenvalue weighted by atomic mass is 10.1. The van der Waals surface area contributed by atoms with E-state index in [1.54, 1.807) is 19.1 Å². The van der Waals surface area contributed by atoms with Crippen molar-refractivity contribution in [3.8, 4) is 10.4 Å². The smallest absolute Gasteiger partial charge is 0.341 e. The first-order chi connectivity index (χ1) is 15.6. The fraction of sp³-hybridized carbons (Fsp3) is 0.250. The van der Waals surface area contributed by atoms with Crippen LogP contribution >= 0.6 is 23.6 Å². The Kier molecular flexibility index (Phi) is 7.02. The van der Waals surface area contributed by atoms with Crippen LogP contribution in [0.3, 0.4) is 0 Å². The zero-order valence-electron chi connectivity index (χ0n) is 17.7. The highest BCUT2D eigenvalue weighted by atomic mass is 32.1. The molecule has 0 aliphatic carbocycles. The zero-order valence-corrected chi connectivity index (χ0v) is 19.3. The second-order valence-electron chi connectivity index (χ2n) is 7.30. The Hall–Kier alpha value is -2.97. The number of rotatable bonds is 5. The molecule has 4 rings (SSSR count). The van der Waals surface area contributed by atoms with Gasteiger partial charge in [-0.05, 0) is 42.9 Å². The van der Waals surface area contributed by atoms with Crippen LogP contribution in [0.4, 0.5) is 15.1 Å². The first-order valence-corrected chi connectivity index (χ1v) is 11.7. The second kappa shape index (κ2) is 10.1. The van der Waals surface area contributed by atoms with Gasteiger partial charge in [0.15, 0.2) is 5.11 Å². The molecule has 0 unspecified atom stereocenters. The maximum Gasteiger partial charge on any atom is 0.341 e. The van der Waals surface area contributed by atoms with Gasteiger partial charge in [-0.15, -0.1) is 11.3 Å². The highest BCUT2D eigenvalue weighted by Gasteiger charge is 2.24. The van der Waals surface area contributed by atoms with E-state index in [0.717, 1.165) is 10.4 Å². The summed E-state index contributed by atoms with van der Waals surface area (Å²) in [5.74, 6) is -0.589. The number of anilines is 2. The van der Waals surface area contributed by atoms with Crippen molar-refractivity contribution in [2.75, 3.05) is 43.0 Å². The number of piperazine rings is 1. The Morgan fingerprint density at radius 3 is 2.47 bits per heavy atom. The number of carbonyl (C=O) groups is 1. The van der Waals surface area contributed by atoms with Crippen LogP contribution in [-0.2, 0) is 4.74 Å².